The number of hydrogen-bond acceptors (Lipinski definition) is 4. The largest absolute Gasteiger partial charge is 0.370 e. The van der Waals surface area contributed by atoms with Crippen LogP contribution in [0.2, 0.25) is 5.02 Å². The molecule has 2 aliphatic heterocycles. The highest BCUT2D eigenvalue weighted by Crippen LogP contribution is 2.44. The predicted octanol–water partition coefficient (Wildman–Crippen LogP) is 6.21. The van der Waals surface area contributed by atoms with Gasteiger partial charge in [0.2, 0.25) is 0 Å². The number of benzene rings is 1. The third kappa shape index (κ3) is 4.04. The maximum atomic E-state index is 6.81. The van der Waals surface area contributed by atoms with Gasteiger partial charge < -0.3 is 15.1 Å². The summed E-state index contributed by atoms with van der Waals surface area (Å²) in [6, 6.07) is 16.6. The highest BCUT2D eigenvalue weighted by molar-refractivity contribution is 7.80. The van der Waals surface area contributed by atoms with Crippen molar-refractivity contribution in [3.05, 3.63) is 75.7 Å². The minimum absolute atomic E-state index is 0.0191. The fraction of sp³-hybridized carbons (Fsp3) is 0.333. The predicted molar refractivity (Wildman–Crippen MR) is 134 cm³/mol. The Balaban J connectivity index is 1.49. The number of halogens is 1. The van der Waals surface area contributed by atoms with Crippen molar-refractivity contribution < 1.29 is 0 Å². The molecule has 2 aromatic heterocycles. The number of nitrogens with zero attached hydrogens (tertiary/aromatic N) is 3. The quantitative estimate of drug-likeness (QED) is 0.460. The lowest BCUT2D eigenvalue weighted by molar-refractivity contribution is 0.438. The van der Waals surface area contributed by atoms with E-state index in [1.807, 2.05) is 18.3 Å². The van der Waals surface area contributed by atoms with E-state index in [9.17, 15) is 0 Å². The van der Waals surface area contributed by atoms with E-state index in [0.717, 1.165) is 41.1 Å². The number of pyridine rings is 1. The number of rotatable bonds is 4. The summed E-state index contributed by atoms with van der Waals surface area (Å²) in [6.45, 7) is 4.44. The average Bonchev–Trinajstić information content (AvgIpc) is 3.43. The number of hydrogen-bond donors (Lipinski definition) is 1. The first-order chi connectivity index (χ1) is 15.1. The second-order valence-electron chi connectivity index (χ2n) is 8.32. The summed E-state index contributed by atoms with van der Waals surface area (Å²) in [6.07, 6.45) is 4.26. The molecule has 4 nitrogen and oxygen atoms in total. The molecule has 2 atom stereocenters. The van der Waals surface area contributed by atoms with Crippen LogP contribution in [-0.2, 0) is 0 Å². The van der Waals surface area contributed by atoms with E-state index in [1.165, 1.54) is 17.7 Å². The second-order valence-corrected chi connectivity index (χ2v) is 10.1. The van der Waals surface area contributed by atoms with Crippen molar-refractivity contribution in [1.82, 2.24) is 10.3 Å². The zero-order chi connectivity index (χ0) is 21.4. The molecule has 0 saturated carbocycles. The molecule has 2 aliphatic rings. The molecule has 5 rings (SSSR count). The Morgan fingerprint density at radius 1 is 1.13 bits per heavy atom. The summed E-state index contributed by atoms with van der Waals surface area (Å²) in [4.78, 5) is 10.4. The van der Waals surface area contributed by atoms with Crippen LogP contribution >= 0.6 is 35.2 Å². The van der Waals surface area contributed by atoms with Gasteiger partial charge in [0.25, 0.3) is 0 Å². The summed E-state index contributed by atoms with van der Waals surface area (Å²) in [7, 11) is 0. The van der Waals surface area contributed by atoms with Gasteiger partial charge in [0.15, 0.2) is 5.11 Å². The minimum Gasteiger partial charge on any atom is -0.370 e. The smallest absolute Gasteiger partial charge is 0.174 e. The Kier molecular flexibility index (Phi) is 5.87. The van der Waals surface area contributed by atoms with E-state index in [1.54, 1.807) is 11.3 Å². The highest BCUT2D eigenvalue weighted by atomic mass is 35.5. The van der Waals surface area contributed by atoms with Gasteiger partial charge >= 0.3 is 0 Å². The first-order valence-electron chi connectivity index (χ1n) is 10.7. The van der Waals surface area contributed by atoms with Gasteiger partial charge in [0, 0.05) is 29.9 Å². The van der Waals surface area contributed by atoms with Gasteiger partial charge in [0.1, 0.15) is 0 Å². The number of thiophene rings is 1. The van der Waals surface area contributed by atoms with Gasteiger partial charge in [-0.15, -0.1) is 11.3 Å². The number of nitrogens with one attached hydrogen (secondary N) is 1. The van der Waals surface area contributed by atoms with E-state index in [4.69, 9.17) is 23.8 Å². The van der Waals surface area contributed by atoms with Crippen LogP contribution in [0, 0.1) is 5.92 Å². The number of piperidine rings is 1. The molecule has 2 saturated heterocycles. The molecule has 31 heavy (non-hydrogen) atoms. The summed E-state index contributed by atoms with van der Waals surface area (Å²) in [5, 5.41) is 7.09. The van der Waals surface area contributed by atoms with Crippen molar-refractivity contribution in [1.29, 1.82) is 0 Å². The number of anilines is 2. The summed E-state index contributed by atoms with van der Waals surface area (Å²) in [5.41, 5.74) is 3.11. The van der Waals surface area contributed by atoms with E-state index in [0.29, 0.717) is 5.11 Å². The van der Waals surface area contributed by atoms with Crippen molar-refractivity contribution >= 4 is 51.6 Å². The standard InChI is InChI=1S/C24H25ClN4S2/c1-16-9-12-28(13-10-16)20-8-7-17(15-18(20)25)29-23(21-6-4-14-31-21)22(27-24(29)30)19-5-2-3-11-26-19/h2-8,11,14-16,22-23H,9-10,12-13H2,1H3,(H,27,30)/t22-,23-/m0/s1. The van der Waals surface area contributed by atoms with E-state index >= 15 is 0 Å². The van der Waals surface area contributed by atoms with Crippen LogP contribution in [0.15, 0.2) is 60.1 Å². The zero-order valence-electron chi connectivity index (χ0n) is 17.4. The molecule has 7 heteroatoms. The molecular weight excluding hydrogens is 444 g/mol. The van der Waals surface area contributed by atoms with E-state index in [2.05, 4.69) is 68.8 Å². The van der Waals surface area contributed by atoms with Crippen LogP contribution in [0.5, 0.6) is 0 Å². The molecule has 1 N–H and O–H groups in total. The molecular formula is C24H25ClN4S2. The van der Waals surface area contributed by atoms with Crippen LogP contribution in [0.25, 0.3) is 0 Å². The Bertz CT molecular complexity index is 1050. The fourth-order valence-electron chi connectivity index (χ4n) is 4.53. The third-order valence-corrected chi connectivity index (χ3v) is 7.83. The molecule has 0 amide bonds. The van der Waals surface area contributed by atoms with E-state index < -0.39 is 0 Å². The lowest BCUT2D eigenvalue weighted by Crippen LogP contribution is -2.33. The zero-order valence-corrected chi connectivity index (χ0v) is 19.8. The highest BCUT2D eigenvalue weighted by Gasteiger charge is 2.41. The van der Waals surface area contributed by atoms with Crippen LogP contribution in [0.3, 0.4) is 0 Å². The Hall–Kier alpha value is -2.15. The normalized spacial score (nSPS) is 22.1. The minimum atomic E-state index is -0.0191. The first-order valence-corrected chi connectivity index (χ1v) is 12.4. The molecule has 1 aromatic carbocycles. The Labute approximate surface area is 197 Å². The lowest BCUT2D eigenvalue weighted by atomic mass is 9.98. The van der Waals surface area contributed by atoms with Crippen LogP contribution in [0.1, 0.15) is 42.4 Å². The van der Waals surface area contributed by atoms with Gasteiger partial charge in [-0.1, -0.05) is 30.7 Å². The fourth-order valence-corrected chi connectivity index (χ4v) is 6.03. The molecule has 4 heterocycles. The third-order valence-electron chi connectivity index (χ3n) is 6.27. The molecule has 3 aromatic rings. The SMILES string of the molecule is CC1CCN(c2ccc(N3C(=S)N[C@@H](c4ccccn4)[C@@H]3c3cccs3)cc2Cl)CC1. The summed E-state index contributed by atoms with van der Waals surface area (Å²) < 4.78 is 0. The van der Waals surface area contributed by atoms with Gasteiger partial charge in [-0.05, 0) is 72.8 Å². The average molecular weight is 469 g/mol. The Morgan fingerprint density at radius 3 is 2.65 bits per heavy atom. The van der Waals surface area contributed by atoms with Gasteiger partial charge in [0.05, 0.1) is 28.5 Å². The summed E-state index contributed by atoms with van der Waals surface area (Å²) >= 11 is 14.4. The maximum Gasteiger partial charge on any atom is 0.174 e. The first kappa shape index (κ1) is 20.7. The molecule has 0 aliphatic carbocycles. The van der Waals surface area contributed by atoms with Crippen LogP contribution < -0.4 is 15.1 Å². The lowest BCUT2D eigenvalue weighted by Gasteiger charge is -2.33. The maximum absolute atomic E-state index is 6.81. The summed E-state index contributed by atoms with van der Waals surface area (Å²) in [5.74, 6) is 0.789. The second kappa shape index (κ2) is 8.77. The van der Waals surface area contributed by atoms with Gasteiger partial charge in [-0.2, -0.15) is 0 Å². The van der Waals surface area contributed by atoms with E-state index in [-0.39, 0.29) is 12.1 Å². The monoisotopic (exact) mass is 468 g/mol. The van der Waals surface area contributed by atoms with Crippen molar-refractivity contribution in [2.24, 2.45) is 5.92 Å². The topological polar surface area (TPSA) is 31.4 Å². The molecule has 2 fully saturated rings. The van der Waals surface area contributed by atoms with Crippen molar-refractivity contribution in [2.45, 2.75) is 31.8 Å². The van der Waals surface area contributed by atoms with Gasteiger partial charge in [-0.3, -0.25) is 4.98 Å². The van der Waals surface area contributed by atoms with Crippen molar-refractivity contribution in [2.75, 3.05) is 22.9 Å². The van der Waals surface area contributed by atoms with Crippen molar-refractivity contribution in [3.63, 3.8) is 0 Å². The number of aromatic nitrogens is 1. The molecule has 0 spiro atoms. The van der Waals surface area contributed by atoms with Gasteiger partial charge in [-0.25, -0.2) is 0 Å². The molecule has 160 valence electrons. The molecule has 0 radical (unpaired) electrons. The van der Waals surface area contributed by atoms with Crippen LogP contribution in [-0.4, -0.2) is 23.2 Å². The Morgan fingerprint density at radius 2 is 1.97 bits per heavy atom. The molecule has 0 bridgehead atoms. The van der Waals surface area contributed by atoms with Crippen LogP contribution in [0.4, 0.5) is 11.4 Å². The molecule has 0 unspecified atom stereocenters. The number of thiocarbonyl (C=S) groups is 1. The van der Waals surface area contributed by atoms with Crippen molar-refractivity contribution in [3.8, 4) is 0 Å².